The van der Waals surface area contributed by atoms with Gasteiger partial charge in [0.15, 0.2) is 0 Å². The van der Waals surface area contributed by atoms with E-state index in [4.69, 9.17) is 21.1 Å². The molecule has 28 heavy (non-hydrogen) atoms. The molecule has 0 aliphatic carbocycles. The van der Waals surface area contributed by atoms with Crippen LogP contribution >= 0.6 is 11.6 Å². The molecule has 6 nitrogen and oxygen atoms in total. The Labute approximate surface area is 171 Å². The Kier molecular flexibility index (Phi) is 7.18. The number of nitrogens with one attached hydrogen (secondary N) is 1. The highest BCUT2D eigenvalue weighted by atomic mass is 35.5. The zero-order chi connectivity index (χ0) is 20.0. The van der Waals surface area contributed by atoms with Gasteiger partial charge in [0.25, 0.3) is 0 Å². The number of hydrogen-bond acceptors (Lipinski definition) is 5. The first-order chi connectivity index (χ1) is 13.5. The minimum absolute atomic E-state index is 0.133. The SMILES string of the molecule is COc1ccc(S(=O)(=O)NCCCc2ccc(N3CCOCC3)cc2)cc1Cl. The number of ether oxygens (including phenoxy) is 2. The van der Waals surface area contributed by atoms with E-state index in [0.29, 0.717) is 18.7 Å². The van der Waals surface area contributed by atoms with Gasteiger partial charge in [-0.1, -0.05) is 23.7 Å². The van der Waals surface area contributed by atoms with Crippen LogP contribution in [-0.2, 0) is 21.2 Å². The largest absolute Gasteiger partial charge is 0.495 e. The van der Waals surface area contributed by atoms with Gasteiger partial charge >= 0.3 is 0 Å². The molecule has 0 atom stereocenters. The minimum atomic E-state index is -3.59. The van der Waals surface area contributed by atoms with E-state index in [-0.39, 0.29) is 9.92 Å². The lowest BCUT2D eigenvalue weighted by molar-refractivity contribution is 0.122. The van der Waals surface area contributed by atoms with Crippen molar-refractivity contribution < 1.29 is 17.9 Å². The van der Waals surface area contributed by atoms with Crippen molar-refractivity contribution in [2.24, 2.45) is 0 Å². The van der Waals surface area contributed by atoms with Crippen molar-refractivity contribution in [2.75, 3.05) is 44.9 Å². The summed E-state index contributed by atoms with van der Waals surface area (Å²) >= 11 is 6.02. The summed E-state index contributed by atoms with van der Waals surface area (Å²) in [5.41, 5.74) is 2.38. The summed E-state index contributed by atoms with van der Waals surface area (Å²) in [7, 11) is -2.10. The van der Waals surface area contributed by atoms with Crippen LogP contribution in [0.25, 0.3) is 0 Å². The lowest BCUT2D eigenvalue weighted by Gasteiger charge is -2.28. The molecule has 2 aromatic carbocycles. The third kappa shape index (κ3) is 5.38. The molecule has 8 heteroatoms. The highest BCUT2D eigenvalue weighted by Crippen LogP contribution is 2.26. The Balaban J connectivity index is 1.49. The number of halogens is 1. The van der Waals surface area contributed by atoms with E-state index in [2.05, 4.69) is 33.9 Å². The fourth-order valence-corrected chi connectivity index (χ4v) is 4.51. The number of aryl methyl sites for hydroxylation is 1. The maximum absolute atomic E-state index is 12.4. The molecule has 0 unspecified atom stereocenters. The van der Waals surface area contributed by atoms with Gasteiger partial charge in [0.05, 0.1) is 30.2 Å². The van der Waals surface area contributed by atoms with Crippen molar-refractivity contribution in [1.29, 1.82) is 0 Å². The summed E-state index contributed by atoms with van der Waals surface area (Å²) in [5, 5.41) is 0.269. The van der Waals surface area contributed by atoms with Gasteiger partial charge in [0, 0.05) is 25.3 Å². The van der Waals surface area contributed by atoms with E-state index in [1.165, 1.54) is 30.5 Å². The first kappa shape index (κ1) is 20.9. The Morgan fingerprint density at radius 1 is 1.14 bits per heavy atom. The van der Waals surface area contributed by atoms with E-state index >= 15 is 0 Å². The number of anilines is 1. The normalized spacial score (nSPS) is 14.9. The monoisotopic (exact) mass is 424 g/mol. The van der Waals surface area contributed by atoms with Crippen LogP contribution in [0.2, 0.25) is 5.02 Å². The number of methoxy groups -OCH3 is 1. The molecule has 152 valence electrons. The van der Waals surface area contributed by atoms with Crippen LogP contribution in [0.15, 0.2) is 47.4 Å². The maximum Gasteiger partial charge on any atom is 0.240 e. The van der Waals surface area contributed by atoms with Crippen molar-refractivity contribution in [1.82, 2.24) is 4.72 Å². The van der Waals surface area contributed by atoms with Crippen molar-refractivity contribution in [3.05, 3.63) is 53.1 Å². The van der Waals surface area contributed by atoms with Crippen LogP contribution in [0.3, 0.4) is 0 Å². The summed E-state index contributed by atoms with van der Waals surface area (Å²) in [4.78, 5) is 2.44. The lowest BCUT2D eigenvalue weighted by atomic mass is 10.1. The number of morpholine rings is 1. The molecular formula is C20H25ClN2O4S. The van der Waals surface area contributed by atoms with Crippen LogP contribution in [0.5, 0.6) is 5.75 Å². The van der Waals surface area contributed by atoms with E-state index < -0.39 is 10.0 Å². The Bertz CT molecular complexity index is 882. The lowest BCUT2D eigenvalue weighted by Crippen LogP contribution is -2.36. The van der Waals surface area contributed by atoms with Gasteiger partial charge in [-0.25, -0.2) is 13.1 Å². The average molecular weight is 425 g/mol. The maximum atomic E-state index is 12.4. The standard InChI is InChI=1S/C20H25ClN2O4S/c1-26-20-9-8-18(15-19(20)21)28(24,25)22-10-2-3-16-4-6-17(7-5-16)23-11-13-27-14-12-23/h4-9,15,22H,2-3,10-14H2,1H3. The highest BCUT2D eigenvalue weighted by molar-refractivity contribution is 7.89. The topological polar surface area (TPSA) is 67.9 Å². The number of nitrogens with zero attached hydrogens (tertiary/aromatic N) is 1. The van der Waals surface area contributed by atoms with Crippen LogP contribution in [-0.4, -0.2) is 48.4 Å². The third-order valence-corrected chi connectivity index (χ3v) is 6.43. The second kappa shape index (κ2) is 9.60. The summed E-state index contributed by atoms with van der Waals surface area (Å²) < 4.78 is 37.8. The third-order valence-electron chi connectivity index (χ3n) is 4.68. The molecule has 2 aromatic rings. The number of sulfonamides is 1. The molecule has 0 radical (unpaired) electrons. The smallest absolute Gasteiger partial charge is 0.240 e. The molecule has 1 aliphatic rings. The Morgan fingerprint density at radius 2 is 1.86 bits per heavy atom. The van der Waals surface area contributed by atoms with Gasteiger partial charge in [0.1, 0.15) is 5.75 Å². The van der Waals surface area contributed by atoms with E-state index in [1.54, 1.807) is 6.07 Å². The Hall–Kier alpha value is -1.80. The molecule has 0 amide bonds. The fourth-order valence-electron chi connectivity index (χ4n) is 3.09. The van der Waals surface area contributed by atoms with Crippen LogP contribution in [0.1, 0.15) is 12.0 Å². The molecule has 1 heterocycles. The predicted octanol–water partition coefficient (Wildman–Crippen LogP) is 3.10. The van der Waals surface area contributed by atoms with E-state index in [9.17, 15) is 8.42 Å². The molecule has 0 aromatic heterocycles. The summed E-state index contributed by atoms with van der Waals surface area (Å²) in [5.74, 6) is 0.446. The van der Waals surface area contributed by atoms with Gasteiger partial charge in [-0.05, 0) is 48.7 Å². The van der Waals surface area contributed by atoms with Crippen molar-refractivity contribution in [2.45, 2.75) is 17.7 Å². The number of benzene rings is 2. The highest BCUT2D eigenvalue weighted by Gasteiger charge is 2.15. The molecule has 0 saturated carbocycles. The first-order valence-electron chi connectivity index (χ1n) is 9.24. The second-order valence-electron chi connectivity index (χ2n) is 6.56. The van der Waals surface area contributed by atoms with Gasteiger partial charge in [-0.2, -0.15) is 0 Å². The Morgan fingerprint density at radius 3 is 2.50 bits per heavy atom. The summed E-state index contributed by atoms with van der Waals surface area (Å²) in [6.45, 7) is 3.72. The number of hydrogen-bond donors (Lipinski definition) is 1. The first-order valence-corrected chi connectivity index (χ1v) is 11.1. The van der Waals surface area contributed by atoms with Crippen LogP contribution in [0, 0.1) is 0 Å². The molecule has 3 rings (SSSR count). The predicted molar refractivity (Wildman–Crippen MR) is 111 cm³/mol. The van der Waals surface area contributed by atoms with Gasteiger partial charge in [0.2, 0.25) is 10.0 Å². The molecule has 0 bridgehead atoms. The molecule has 1 saturated heterocycles. The van der Waals surface area contributed by atoms with Crippen LogP contribution < -0.4 is 14.4 Å². The molecule has 0 spiro atoms. The van der Waals surface area contributed by atoms with Crippen LogP contribution in [0.4, 0.5) is 5.69 Å². The summed E-state index contributed by atoms with van der Waals surface area (Å²) in [6, 6.07) is 12.9. The van der Waals surface area contributed by atoms with E-state index in [0.717, 1.165) is 32.7 Å². The minimum Gasteiger partial charge on any atom is -0.495 e. The molecule has 1 aliphatic heterocycles. The zero-order valence-electron chi connectivity index (χ0n) is 15.9. The number of rotatable bonds is 8. The fraction of sp³-hybridized carbons (Fsp3) is 0.400. The van der Waals surface area contributed by atoms with Gasteiger partial charge < -0.3 is 14.4 Å². The van der Waals surface area contributed by atoms with Gasteiger partial charge in [-0.15, -0.1) is 0 Å². The quantitative estimate of drug-likeness (QED) is 0.659. The summed E-state index contributed by atoms with van der Waals surface area (Å²) in [6.07, 6.45) is 1.51. The molecule has 1 fully saturated rings. The average Bonchev–Trinajstić information content (AvgIpc) is 2.72. The second-order valence-corrected chi connectivity index (χ2v) is 8.74. The van der Waals surface area contributed by atoms with Gasteiger partial charge in [-0.3, -0.25) is 0 Å². The van der Waals surface area contributed by atoms with Crippen molar-refractivity contribution in [3.8, 4) is 5.75 Å². The van der Waals surface area contributed by atoms with Crippen molar-refractivity contribution >= 4 is 27.3 Å². The molecular weight excluding hydrogens is 400 g/mol. The van der Waals surface area contributed by atoms with E-state index in [1.807, 2.05) is 0 Å². The zero-order valence-corrected chi connectivity index (χ0v) is 17.4. The molecule has 1 N–H and O–H groups in total. The van der Waals surface area contributed by atoms with Crippen molar-refractivity contribution in [3.63, 3.8) is 0 Å².